The quantitative estimate of drug-likeness (QED) is 0.769. The number of halogens is 3. The zero-order valence-electron chi connectivity index (χ0n) is 8.11. The van der Waals surface area contributed by atoms with Crippen molar-refractivity contribution in [2.24, 2.45) is 5.73 Å². The van der Waals surface area contributed by atoms with E-state index in [1.54, 1.807) is 0 Å². The third-order valence-electron chi connectivity index (χ3n) is 2.62. The minimum Gasteiger partial charge on any atom is -0.493 e. The van der Waals surface area contributed by atoms with Gasteiger partial charge in [-0.2, -0.15) is 0 Å². The molecule has 1 aliphatic carbocycles. The van der Waals surface area contributed by atoms with Crippen LogP contribution in [-0.2, 0) is 5.54 Å². The summed E-state index contributed by atoms with van der Waals surface area (Å²) in [7, 11) is 1.20. The fraction of sp³-hybridized carbons (Fsp3) is 0.400. The number of ether oxygens (including phenoxy) is 1. The number of rotatable bonds is 2. The van der Waals surface area contributed by atoms with Crippen LogP contribution in [0.4, 0.5) is 13.2 Å². The predicted molar refractivity (Wildman–Crippen MR) is 48.0 cm³/mol. The second-order valence-corrected chi connectivity index (χ2v) is 3.72. The van der Waals surface area contributed by atoms with Crippen LogP contribution in [0.2, 0.25) is 0 Å². The van der Waals surface area contributed by atoms with Gasteiger partial charge in [-0.05, 0) is 12.8 Å². The van der Waals surface area contributed by atoms with Gasteiger partial charge in [-0.15, -0.1) is 0 Å². The second kappa shape index (κ2) is 3.13. The van der Waals surface area contributed by atoms with Crippen LogP contribution in [-0.4, -0.2) is 7.11 Å². The molecule has 0 saturated heterocycles. The van der Waals surface area contributed by atoms with Crippen molar-refractivity contribution in [1.82, 2.24) is 0 Å². The molecular formula is C10H10F3NO. The van der Waals surface area contributed by atoms with Crippen molar-refractivity contribution in [2.75, 3.05) is 7.11 Å². The summed E-state index contributed by atoms with van der Waals surface area (Å²) in [4.78, 5) is 0. The normalized spacial score (nSPS) is 17.7. The third-order valence-corrected chi connectivity index (χ3v) is 2.62. The lowest BCUT2D eigenvalue weighted by Gasteiger charge is -2.16. The van der Waals surface area contributed by atoms with Gasteiger partial charge in [0.2, 0.25) is 0 Å². The summed E-state index contributed by atoms with van der Waals surface area (Å²) in [6.07, 6.45) is 1.01. The fourth-order valence-corrected chi connectivity index (χ4v) is 1.61. The molecule has 0 unspecified atom stereocenters. The lowest BCUT2D eigenvalue weighted by molar-refractivity contribution is 0.361. The van der Waals surface area contributed by atoms with Crippen LogP contribution in [0.3, 0.4) is 0 Å². The maximum atomic E-state index is 13.5. The molecule has 1 aromatic carbocycles. The highest BCUT2D eigenvalue weighted by Crippen LogP contribution is 2.48. The van der Waals surface area contributed by atoms with Crippen LogP contribution in [0.1, 0.15) is 18.4 Å². The number of nitrogens with two attached hydrogens (primary N) is 1. The molecule has 0 aromatic heterocycles. The molecule has 2 N–H and O–H groups in total. The van der Waals surface area contributed by atoms with Gasteiger partial charge in [0.25, 0.3) is 0 Å². The molecule has 2 rings (SSSR count). The van der Waals surface area contributed by atoms with Gasteiger partial charge in [-0.3, -0.25) is 0 Å². The predicted octanol–water partition coefficient (Wildman–Crippen LogP) is 2.06. The fourth-order valence-electron chi connectivity index (χ4n) is 1.61. The Hall–Kier alpha value is -1.23. The van der Waals surface area contributed by atoms with E-state index < -0.39 is 23.0 Å². The van der Waals surface area contributed by atoms with Crippen molar-refractivity contribution in [3.63, 3.8) is 0 Å². The van der Waals surface area contributed by atoms with Crippen LogP contribution < -0.4 is 10.5 Å². The standard InChI is InChI=1S/C10H10F3NO/c1-15-9-6(12)4-5(11)8(13)7(9)10(14)2-3-10/h4H,2-3,14H2,1H3. The first-order chi connectivity index (χ1) is 6.99. The van der Waals surface area contributed by atoms with Crippen molar-refractivity contribution in [2.45, 2.75) is 18.4 Å². The average Bonchev–Trinajstić information content (AvgIpc) is 2.90. The highest BCUT2D eigenvalue weighted by molar-refractivity contribution is 5.44. The average molecular weight is 217 g/mol. The van der Waals surface area contributed by atoms with Gasteiger partial charge in [0.1, 0.15) is 0 Å². The smallest absolute Gasteiger partial charge is 0.168 e. The van der Waals surface area contributed by atoms with E-state index in [0.717, 1.165) is 0 Å². The molecule has 0 amide bonds. The summed E-state index contributed by atoms with van der Waals surface area (Å²) in [5.41, 5.74) is 4.56. The van der Waals surface area contributed by atoms with Gasteiger partial charge >= 0.3 is 0 Å². The molecular weight excluding hydrogens is 207 g/mol. The molecule has 0 spiro atoms. The summed E-state index contributed by atoms with van der Waals surface area (Å²) >= 11 is 0. The van der Waals surface area contributed by atoms with Crippen LogP contribution in [0.5, 0.6) is 5.75 Å². The van der Waals surface area contributed by atoms with Crippen molar-refractivity contribution in [3.8, 4) is 5.75 Å². The Bertz CT molecular complexity index is 416. The van der Waals surface area contributed by atoms with Gasteiger partial charge in [0.05, 0.1) is 12.7 Å². The molecule has 0 radical (unpaired) electrons. The van der Waals surface area contributed by atoms with E-state index in [2.05, 4.69) is 0 Å². The van der Waals surface area contributed by atoms with Gasteiger partial charge < -0.3 is 10.5 Å². The monoisotopic (exact) mass is 217 g/mol. The van der Waals surface area contributed by atoms with E-state index >= 15 is 0 Å². The van der Waals surface area contributed by atoms with E-state index in [1.165, 1.54) is 7.11 Å². The first-order valence-corrected chi connectivity index (χ1v) is 4.50. The van der Waals surface area contributed by atoms with E-state index in [9.17, 15) is 13.2 Å². The molecule has 2 nitrogen and oxygen atoms in total. The molecule has 5 heteroatoms. The largest absolute Gasteiger partial charge is 0.493 e. The number of hydrogen-bond acceptors (Lipinski definition) is 2. The van der Waals surface area contributed by atoms with Crippen LogP contribution >= 0.6 is 0 Å². The molecule has 1 aliphatic rings. The summed E-state index contributed by atoms with van der Waals surface area (Å²) in [5, 5.41) is 0. The SMILES string of the molecule is COc1c(F)cc(F)c(F)c1C1(N)CC1. The third kappa shape index (κ3) is 1.47. The summed E-state index contributed by atoms with van der Waals surface area (Å²) in [5.74, 6) is -3.58. The molecule has 0 heterocycles. The first-order valence-electron chi connectivity index (χ1n) is 4.50. The molecule has 82 valence electrons. The summed E-state index contributed by atoms with van der Waals surface area (Å²) in [6.45, 7) is 0. The summed E-state index contributed by atoms with van der Waals surface area (Å²) < 4.78 is 44.4. The Balaban J connectivity index is 2.68. The minimum absolute atomic E-state index is 0.192. The number of benzene rings is 1. The first kappa shape index (κ1) is 10.3. The molecule has 0 atom stereocenters. The van der Waals surface area contributed by atoms with E-state index in [-0.39, 0.29) is 11.3 Å². The molecule has 1 aromatic rings. The Kier molecular flexibility index (Phi) is 2.15. The zero-order chi connectivity index (χ0) is 11.2. The van der Waals surface area contributed by atoms with E-state index in [1.807, 2.05) is 0 Å². The Morgan fingerprint density at radius 3 is 2.33 bits per heavy atom. The molecule has 15 heavy (non-hydrogen) atoms. The van der Waals surface area contributed by atoms with Gasteiger partial charge in [-0.25, -0.2) is 13.2 Å². The lowest BCUT2D eigenvalue weighted by atomic mass is 10.0. The minimum atomic E-state index is -1.24. The topological polar surface area (TPSA) is 35.2 Å². The highest BCUT2D eigenvalue weighted by atomic mass is 19.2. The molecule has 0 bridgehead atoms. The van der Waals surface area contributed by atoms with Crippen molar-refractivity contribution < 1.29 is 17.9 Å². The maximum absolute atomic E-state index is 13.5. The van der Waals surface area contributed by atoms with Crippen molar-refractivity contribution in [1.29, 1.82) is 0 Å². The zero-order valence-corrected chi connectivity index (χ0v) is 8.11. The highest BCUT2D eigenvalue weighted by Gasteiger charge is 2.46. The second-order valence-electron chi connectivity index (χ2n) is 3.72. The molecule has 1 fully saturated rings. The number of hydrogen-bond donors (Lipinski definition) is 1. The Morgan fingerprint density at radius 1 is 1.27 bits per heavy atom. The van der Waals surface area contributed by atoms with Gasteiger partial charge in [0, 0.05) is 11.6 Å². The van der Waals surface area contributed by atoms with Crippen molar-refractivity contribution >= 4 is 0 Å². The van der Waals surface area contributed by atoms with Crippen LogP contribution in [0.25, 0.3) is 0 Å². The lowest BCUT2D eigenvalue weighted by Crippen LogP contribution is -2.22. The van der Waals surface area contributed by atoms with E-state index in [0.29, 0.717) is 18.9 Å². The summed E-state index contributed by atoms with van der Waals surface area (Å²) in [6, 6.07) is 0.462. The van der Waals surface area contributed by atoms with Crippen LogP contribution in [0, 0.1) is 17.5 Å². The Labute approximate surface area is 84.8 Å². The molecule has 1 saturated carbocycles. The maximum Gasteiger partial charge on any atom is 0.168 e. The number of methoxy groups -OCH3 is 1. The molecule has 0 aliphatic heterocycles. The Morgan fingerprint density at radius 2 is 1.87 bits per heavy atom. The van der Waals surface area contributed by atoms with Crippen LogP contribution in [0.15, 0.2) is 6.07 Å². The van der Waals surface area contributed by atoms with E-state index in [4.69, 9.17) is 10.5 Å². The van der Waals surface area contributed by atoms with Gasteiger partial charge in [-0.1, -0.05) is 0 Å². The van der Waals surface area contributed by atoms with Gasteiger partial charge in [0.15, 0.2) is 23.2 Å². The van der Waals surface area contributed by atoms with Crippen molar-refractivity contribution in [3.05, 3.63) is 29.1 Å².